The van der Waals surface area contributed by atoms with E-state index in [4.69, 9.17) is 5.73 Å². The molecule has 0 atom stereocenters. The maximum absolute atomic E-state index is 5.59. The van der Waals surface area contributed by atoms with Gasteiger partial charge in [0, 0.05) is 19.7 Å². The standard InChI is InChI=1S/C8H13BrN4/c1-3-4-13(2)8-11-6(9)5-7(10)12-8/h5H,3-4H2,1-2H3,(H2,10,11,12). The largest absolute Gasteiger partial charge is 0.383 e. The van der Waals surface area contributed by atoms with Crippen molar-refractivity contribution in [2.75, 3.05) is 24.2 Å². The van der Waals surface area contributed by atoms with Gasteiger partial charge in [-0.25, -0.2) is 4.98 Å². The van der Waals surface area contributed by atoms with Crippen molar-refractivity contribution < 1.29 is 0 Å². The average Bonchev–Trinajstić information content (AvgIpc) is 2.03. The maximum atomic E-state index is 5.59. The summed E-state index contributed by atoms with van der Waals surface area (Å²) in [5, 5.41) is 0. The van der Waals surface area contributed by atoms with Crippen LogP contribution in [0.3, 0.4) is 0 Å². The minimum absolute atomic E-state index is 0.486. The second kappa shape index (κ2) is 4.41. The molecule has 1 aromatic heterocycles. The third-order valence-electron chi connectivity index (χ3n) is 1.60. The fourth-order valence-corrected chi connectivity index (χ4v) is 1.42. The molecule has 0 fully saturated rings. The molecule has 0 saturated carbocycles. The highest BCUT2D eigenvalue weighted by molar-refractivity contribution is 9.10. The van der Waals surface area contributed by atoms with Crippen LogP contribution < -0.4 is 10.6 Å². The van der Waals surface area contributed by atoms with E-state index < -0.39 is 0 Å². The molecular formula is C8H13BrN4. The minimum atomic E-state index is 0.486. The molecule has 2 N–H and O–H groups in total. The summed E-state index contributed by atoms with van der Waals surface area (Å²) in [5.74, 6) is 1.15. The number of nitrogens with two attached hydrogens (primary N) is 1. The molecule has 1 rings (SSSR count). The van der Waals surface area contributed by atoms with E-state index in [2.05, 4.69) is 32.8 Å². The third-order valence-corrected chi connectivity index (χ3v) is 2.01. The van der Waals surface area contributed by atoms with Gasteiger partial charge in [0.1, 0.15) is 10.4 Å². The molecule has 0 aliphatic carbocycles. The van der Waals surface area contributed by atoms with E-state index in [9.17, 15) is 0 Å². The zero-order valence-corrected chi connectivity index (χ0v) is 9.37. The summed E-state index contributed by atoms with van der Waals surface area (Å²) in [5.41, 5.74) is 5.59. The Morgan fingerprint density at radius 3 is 2.77 bits per heavy atom. The molecule has 0 aromatic carbocycles. The van der Waals surface area contributed by atoms with Gasteiger partial charge in [0.15, 0.2) is 0 Å². The van der Waals surface area contributed by atoms with E-state index >= 15 is 0 Å². The first kappa shape index (κ1) is 10.2. The number of hydrogen-bond acceptors (Lipinski definition) is 4. The SMILES string of the molecule is CCCN(C)c1nc(N)cc(Br)n1. The molecule has 13 heavy (non-hydrogen) atoms. The first-order chi connectivity index (χ1) is 6.13. The fraction of sp³-hybridized carbons (Fsp3) is 0.500. The van der Waals surface area contributed by atoms with Crippen LogP contribution in [0.4, 0.5) is 11.8 Å². The van der Waals surface area contributed by atoms with Gasteiger partial charge in [0.2, 0.25) is 5.95 Å². The topological polar surface area (TPSA) is 55.0 Å². The highest BCUT2D eigenvalue weighted by atomic mass is 79.9. The lowest BCUT2D eigenvalue weighted by Crippen LogP contribution is -2.20. The van der Waals surface area contributed by atoms with Crippen LogP contribution in [0.5, 0.6) is 0 Å². The van der Waals surface area contributed by atoms with Crippen molar-refractivity contribution in [2.45, 2.75) is 13.3 Å². The molecule has 5 heteroatoms. The van der Waals surface area contributed by atoms with Gasteiger partial charge in [-0.05, 0) is 22.4 Å². The molecule has 0 spiro atoms. The van der Waals surface area contributed by atoms with Crippen molar-refractivity contribution in [1.82, 2.24) is 9.97 Å². The van der Waals surface area contributed by atoms with Crippen LogP contribution in [-0.4, -0.2) is 23.6 Å². The second-order valence-corrected chi connectivity index (χ2v) is 3.65. The van der Waals surface area contributed by atoms with Gasteiger partial charge in [0.25, 0.3) is 0 Å². The normalized spacial score (nSPS) is 10.1. The van der Waals surface area contributed by atoms with Crippen LogP contribution >= 0.6 is 15.9 Å². The first-order valence-corrected chi connectivity index (χ1v) is 4.94. The number of aromatic nitrogens is 2. The van der Waals surface area contributed by atoms with E-state index in [-0.39, 0.29) is 0 Å². The predicted octanol–water partition coefficient (Wildman–Crippen LogP) is 1.67. The molecule has 1 aromatic rings. The summed E-state index contributed by atoms with van der Waals surface area (Å²) >= 11 is 3.27. The number of hydrogen-bond donors (Lipinski definition) is 1. The Bertz CT molecular complexity index is 269. The van der Waals surface area contributed by atoms with Crippen molar-refractivity contribution in [2.24, 2.45) is 0 Å². The molecule has 0 amide bonds. The molecule has 0 radical (unpaired) electrons. The van der Waals surface area contributed by atoms with E-state index in [1.54, 1.807) is 6.07 Å². The predicted molar refractivity (Wildman–Crippen MR) is 57.7 cm³/mol. The van der Waals surface area contributed by atoms with Gasteiger partial charge in [-0.1, -0.05) is 6.92 Å². The van der Waals surface area contributed by atoms with Crippen molar-refractivity contribution >= 4 is 27.7 Å². The number of halogens is 1. The number of nitrogen functional groups attached to an aromatic ring is 1. The van der Waals surface area contributed by atoms with Crippen molar-refractivity contribution in [3.63, 3.8) is 0 Å². The monoisotopic (exact) mass is 244 g/mol. The van der Waals surface area contributed by atoms with Gasteiger partial charge in [-0.3, -0.25) is 0 Å². The highest BCUT2D eigenvalue weighted by Gasteiger charge is 2.04. The van der Waals surface area contributed by atoms with Crippen LogP contribution in [0, 0.1) is 0 Å². The van der Waals surface area contributed by atoms with Gasteiger partial charge < -0.3 is 10.6 Å². The molecule has 0 unspecified atom stereocenters. The smallest absolute Gasteiger partial charge is 0.228 e. The Hall–Kier alpha value is -0.840. The van der Waals surface area contributed by atoms with Crippen LogP contribution in [0.15, 0.2) is 10.7 Å². The van der Waals surface area contributed by atoms with Gasteiger partial charge in [-0.15, -0.1) is 0 Å². The van der Waals surface area contributed by atoms with Crippen LogP contribution in [0.1, 0.15) is 13.3 Å². The molecule has 72 valence electrons. The molecule has 4 nitrogen and oxygen atoms in total. The third kappa shape index (κ3) is 2.84. The Labute approximate surface area is 86.3 Å². The first-order valence-electron chi connectivity index (χ1n) is 4.14. The zero-order valence-electron chi connectivity index (χ0n) is 7.79. The summed E-state index contributed by atoms with van der Waals surface area (Å²) in [6.45, 7) is 3.04. The Kier molecular flexibility index (Phi) is 3.48. The molecular weight excluding hydrogens is 232 g/mol. The molecule has 0 saturated heterocycles. The summed E-state index contributed by atoms with van der Waals surface area (Å²) in [6, 6.07) is 1.68. The van der Waals surface area contributed by atoms with Crippen LogP contribution in [0.2, 0.25) is 0 Å². The summed E-state index contributed by atoms with van der Waals surface area (Å²) in [6.07, 6.45) is 1.06. The fourth-order valence-electron chi connectivity index (χ4n) is 1.03. The lowest BCUT2D eigenvalue weighted by atomic mass is 10.4. The summed E-state index contributed by atoms with van der Waals surface area (Å²) < 4.78 is 0.720. The quantitative estimate of drug-likeness (QED) is 0.823. The van der Waals surface area contributed by atoms with Crippen LogP contribution in [0.25, 0.3) is 0 Å². The van der Waals surface area contributed by atoms with Crippen molar-refractivity contribution in [3.05, 3.63) is 10.7 Å². The minimum Gasteiger partial charge on any atom is -0.383 e. The van der Waals surface area contributed by atoms with Crippen molar-refractivity contribution in [1.29, 1.82) is 0 Å². The van der Waals surface area contributed by atoms with Gasteiger partial charge in [0.05, 0.1) is 0 Å². The number of rotatable bonds is 3. The van der Waals surface area contributed by atoms with E-state index in [1.807, 2.05) is 11.9 Å². The summed E-state index contributed by atoms with van der Waals surface area (Å²) in [4.78, 5) is 10.3. The van der Waals surface area contributed by atoms with E-state index in [0.717, 1.165) is 17.6 Å². The number of nitrogens with zero attached hydrogens (tertiary/aromatic N) is 3. The molecule has 0 aliphatic heterocycles. The Morgan fingerprint density at radius 2 is 2.23 bits per heavy atom. The Morgan fingerprint density at radius 1 is 1.54 bits per heavy atom. The van der Waals surface area contributed by atoms with Gasteiger partial charge in [-0.2, -0.15) is 4.98 Å². The molecule has 1 heterocycles. The van der Waals surface area contributed by atoms with E-state index in [1.165, 1.54) is 0 Å². The molecule has 0 bridgehead atoms. The molecule has 0 aliphatic rings. The van der Waals surface area contributed by atoms with Gasteiger partial charge >= 0.3 is 0 Å². The lowest BCUT2D eigenvalue weighted by molar-refractivity contribution is 0.818. The highest BCUT2D eigenvalue weighted by Crippen LogP contribution is 2.14. The maximum Gasteiger partial charge on any atom is 0.228 e. The summed E-state index contributed by atoms with van der Waals surface area (Å²) in [7, 11) is 1.95. The number of anilines is 2. The van der Waals surface area contributed by atoms with Crippen molar-refractivity contribution in [3.8, 4) is 0 Å². The van der Waals surface area contributed by atoms with Crippen LogP contribution in [-0.2, 0) is 0 Å². The van der Waals surface area contributed by atoms with E-state index in [0.29, 0.717) is 11.8 Å². The second-order valence-electron chi connectivity index (χ2n) is 2.84. The average molecular weight is 245 g/mol. The lowest BCUT2D eigenvalue weighted by Gasteiger charge is -2.15. The Balaban J connectivity index is 2.87. The zero-order chi connectivity index (χ0) is 9.84.